The van der Waals surface area contributed by atoms with Gasteiger partial charge in [0.25, 0.3) is 0 Å². The van der Waals surface area contributed by atoms with Crippen molar-refractivity contribution in [1.82, 2.24) is 0 Å². The molecule has 0 aliphatic heterocycles. The topological polar surface area (TPSA) is 87.9 Å². The third-order valence-electron chi connectivity index (χ3n) is 2.82. The number of nitrogens with zero attached hydrogens (tertiary/aromatic N) is 1. The summed E-state index contributed by atoms with van der Waals surface area (Å²) >= 11 is 5.74. The van der Waals surface area contributed by atoms with Crippen LogP contribution in [0.3, 0.4) is 0 Å². The standard InChI is InChI=1S/C14H12ClFN4/c15-12-10(18)5-11(19)14(13(12)16)20-7-9-3-1-8(6-17)2-4-9/h1-5,20H,7,18-19H2. The Bertz CT molecular complexity index is 677. The SMILES string of the molecule is N#Cc1ccc(CNc2c(N)cc(N)c(Cl)c2F)cc1. The monoisotopic (exact) mass is 290 g/mol. The molecule has 2 aromatic rings. The van der Waals surface area contributed by atoms with Crippen molar-refractivity contribution in [2.75, 3.05) is 16.8 Å². The zero-order valence-electron chi connectivity index (χ0n) is 10.5. The highest BCUT2D eigenvalue weighted by molar-refractivity contribution is 6.33. The van der Waals surface area contributed by atoms with E-state index in [1.165, 1.54) is 6.07 Å². The van der Waals surface area contributed by atoms with Crippen molar-refractivity contribution in [3.63, 3.8) is 0 Å². The number of nitriles is 1. The number of hydrogen-bond acceptors (Lipinski definition) is 4. The third kappa shape index (κ3) is 2.76. The van der Waals surface area contributed by atoms with Crippen LogP contribution in [0.4, 0.5) is 21.5 Å². The Balaban J connectivity index is 2.19. The van der Waals surface area contributed by atoms with Gasteiger partial charge in [0.05, 0.1) is 28.7 Å². The van der Waals surface area contributed by atoms with Gasteiger partial charge < -0.3 is 16.8 Å². The summed E-state index contributed by atoms with van der Waals surface area (Å²) in [5, 5.41) is 11.4. The highest BCUT2D eigenvalue weighted by Gasteiger charge is 2.13. The van der Waals surface area contributed by atoms with Gasteiger partial charge in [-0.2, -0.15) is 5.26 Å². The average Bonchev–Trinajstić information content (AvgIpc) is 2.45. The molecule has 0 saturated heterocycles. The minimum Gasteiger partial charge on any atom is -0.397 e. The summed E-state index contributed by atoms with van der Waals surface area (Å²) in [6.07, 6.45) is 0. The molecule has 0 aliphatic rings. The van der Waals surface area contributed by atoms with Crippen molar-refractivity contribution >= 4 is 28.7 Å². The minimum absolute atomic E-state index is 0.102. The minimum atomic E-state index is -0.669. The lowest BCUT2D eigenvalue weighted by atomic mass is 10.1. The van der Waals surface area contributed by atoms with Crippen LogP contribution in [0, 0.1) is 17.1 Å². The molecule has 4 nitrogen and oxygen atoms in total. The second-order valence-corrected chi connectivity index (χ2v) is 4.60. The van der Waals surface area contributed by atoms with E-state index in [1.807, 2.05) is 6.07 Å². The van der Waals surface area contributed by atoms with Crippen LogP contribution >= 0.6 is 11.6 Å². The molecular weight excluding hydrogens is 279 g/mol. The first kappa shape index (κ1) is 14.0. The van der Waals surface area contributed by atoms with E-state index in [1.54, 1.807) is 24.3 Å². The Morgan fingerprint density at radius 3 is 2.45 bits per heavy atom. The number of nitrogens with two attached hydrogens (primary N) is 2. The normalized spacial score (nSPS) is 10.1. The zero-order valence-corrected chi connectivity index (χ0v) is 11.2. The molecule has 5 N–H and O–H groups in total. The molecule has 6 heteroatoms. The Hall–Kier alpha value is -2.45. The van der Waals surface area contributed by atoms with Gasteiger partial charge in [-0.3, -0.25) is 0 Å². The molecule has 0 saturated carbocycles. The summed E-state index contributed by atoms with van der Waals surface area (Å²) in [6.45, 7) is 0.354. The van der Waals surface area contributed by atoms with Gasteiger partial charge in [-0.1, -0.05) is 23.7 Å². The maximum absolute atomic E-state index is 13.9. The van der Waals surface area contributed by atoms with E-state index < -0.39 is 5.82 Å². The van der Waals surface area contributed by atoms with Gasteiger partial charge in [-0.05, 0) is 23.8 Å². The predicted molar refractivity (Wildman–Crippen MR) is 78.7 cm³/mol. The van der Waals surface area contributed by atoms with E-state index in [0.29, 0.717) is 12.1 Å². The second-order valence-electron chi connectivity index (χ2n) is 4.22. The molecule has 0 atom stereocenters. The Kier molecular flexibility index (Phi) is 3.97. The van der Waals surface area contributed by atoms with Crippen LogP contribution in [0.25, 0.3) is 0 Å². The number of nitrogen functional groups attached to an aromatic ring is 2. The summed E-state index contributed by atoms with van der Waals surface area (Å²) in [7, 11) is 0. The third-order valence-corrected chi connectivity index (χ3v) is 3.20. The van der Waals surface area contributed by atoms with E-state index in [0.717, 1.165) is 5.56 Å². The number of benzene rings is 2. The highest BCUT2D eigenvalue weighted by atomic mass is 35.5. The van der Waals surface area contributed by atoms with E-state index >= 15 is 0 Å². The molecule has 0 amide bonds. The molecule has 102 valence electrons. The summed E-state index contributed by atoms with van der Waals surface area (Å²) in [5.74, 6) is -0.669. The summed E-state index contributed by atoms with van der Waals surface area (Å²) in [6, 6.07) is 10.4. The molecule has 0 unspecified atom stereocenters. The molecule has 0 heterocycles. The smallest absolute Gasteiger partial charge is 0.169 e. The summed E-state index contributed by atoms with van der Waals surface area (Å²) in [4.78, 5) is 0. The Morgan fingerprint density at radius 2 is 1.85 bits per heavy atom. The fraction of sp³-hybridized carbons (Fsp3) is 0.0714. The number of rotatable bonds is 3. The molecule has 0 aromatic heterocycles. The number of hydrogen-bond donors (Lipinski definition) is 3. The van der Waals surface area contributed by atoms with Crippen LogP contribution in [0.15, 0.2) is 30.3 Å². The number of halogens is 2. The lowest BCUT2D eigenvalue weighted by Gasteiger charge is -2.13. The van der Waals surface area contributed by atoms with Gasteiger partial charge >= 0.3 is 0 Å². The van der Waals surface area contributed by atoms with E-state index in [-0.39, 0.29) is 22.1 Å². The van der Waals surface area contributed by atoms with Crippen molar-refractivity contribution in [2.24, 2.45) is 0 Å². The molecule has 0 aliphatic carbocycles. The maximum atomic E-state index is 13.9. The van der Waals surface area contributed by atoms with Crippen LogP contribution < -0.4 is 16.8 Å². The zero-order chi connectivity index (χ0) is 14.7. The fourth-order valence-electron chi connectivity index (χ4n) is 1.73. The van der Waals surface area contributed by atoms with Gasteiger partial charge in [0, 0.05) is 6.54 Å². The molecule has 20 heavy (non-hydrogen) atoms. The molecular formula is C14H12ClFN4. The molecule has 2 aromatic carbocycles. The quantitative estimate of drug-likeness (QED) is 0.758. The van der Waals surface area contributed by atoms with Crippen LogP contribution in [0.2, 0.25) is 5.02 Å². The average molecular weight is 291 g/mol. The van der Waals surface area contributed by atoms with E-state index in [4.69, 9.17) is 28.3 Å². The lowest BCUT2D eigenvalue weighted by Crippen LogP contribution is -2.06. The molecule has 0 spiro atoms. The van der Waals surface area contributed by atoms with E-state index in [9.17, 15) is 4.39 Å². The van der Waals surface area contributed by atoms with Gasteiger partial charge in [0.15, 0.2) is 5.82 Å². The van der Waals surface area contributed by atoms with E-state index in [2.05, 4.69) is 5.32 Å². The molecule has 0 radical (unpaired) electrons. The maximum Gasteiger partial charge on any atom is 0.169 e. The number of nitrogens with one attached hydrogen (secondary N) is 1. The largest absolute Gasteiger partial charge is 0.397 e. The van der Waals surface area contributed by atoms with Crippen molar-refractivity contribution < 1.29 is 4.39 Å². The summed E-state index contributed by atoms with van der Waals surface area (Å²) < 4.78 is 13.9. The predicted octanol–water partition coefficient (Wildman–Crippen LogP) is 3.13. The molecule has 0 fully saturated rings. The summed E-state index contributed by atoms with van der Waals surface area (Å²) in [5.41, 5.74) is 13.1. The van der Waals surface area contributed by atoms with Gasteiger partial charge in [0.2, 0.25) is 0 Å². The molecule has 0 bridgehead atoms. The van der Waals surface area contributed by atoms with Crippen LogP contribution in [-0.4, -0.2) is 0 Å². The fourth-order valence-corrected chi connectivity index (χ4v) is 1.88. The number of anilines is 3. The second kappa shape index (κ2) is 5.68. The van der Waals surface area contributed by atoms with Gasteiger partial charge in [-0.15, -0.1) is 0 Å². The van der Waals surface area contributed by atoms with Crippen LogP contribution in [-0.2, 0) is 6.54 Å². The van der Waals surface area contributed by atoms with Crippen molar-refractivity contribution in [2.45, 2.75) is 6.54 Å². The lowest BCUT2D eigenvalue weighted by molar-refractivity contribution is 0.632. The van der Waals surface area contributed by atoms with Gasteiger partial charge in [0.1, 0.15) is 5.02 Å². The van der Waals surface area contributed by atoms with Crippen LogP contribution in [0.5, 0.6) is 0 Å². The van der Waals surface area contributed by atoms with Crippen molar-refractivity contribution in [3.05, 3.63) is 52.3 Å². The van der Waals surface area contributed by atoms with Gasteiger partial charge in [-0.25, -0.2) is 4.39 Å². The Morgan fingerprint density at radius 1 is 1.20 bits per heavy atom. The Labute approximate surface area is 120 Å². The molecule has 2 rings (SSSR count). The van der Waals surface area contributed by atoms with Crippen molar-refractivity contribution in [3.8, 4) is 6.07 Å². The first-order valence-electron chi connectivity index (χ1n) is 5.78. The first-order chi connectivity index (χ1) is 9.52. The van der Waals surface area contributed by atoms with Crippen molar-refractivity contribution in [1.29, 1.82) is 5.26 Å². The first-order valence-corrected chi connectivity index (χ1v) is 6.16. The highest BCUT2D eigenvalue weighted by Crippen LogP contribution is 2.33. The van der Waals surface area contributed by atoms with Crippen LogP contribution in [0.1, 0.15) is 11.1 Å².